The number of pyridine rings is 1. The topological polar surface area (TPSA) is 34.6 Å². The van der Waals surface area contributed by atoms with Crippen LogP contribution in [0.2, 0.25) is 0 Å². The van der Waals surface area contributed by atoms with Crippen LogP contribution in [0, 0.1) is 0 Å². The molecule has 0 saturated carbocycles. The number of hydrogen-bond donors (Lipinski definition) is 0. The minimum atomic E-state index is 0.627. The first-order valence-electron chi connectivity index (χ1n) is 6.77. The van der Waals surface area contributed by atoms with E-state index in [4.69, 9.17) is 9.47 Å². The molecule has 0 fully saturated rings. The minimum absolute atomic E-state index is 0.627. The second kappa shape index (κ2) is 5.92. The van der Waals surface area contributed by atoms with Gasteiger partial charge >= 0.3 is 0 Å². The van der Waals surface area contributed by atoms with E-state index >= 15 is 0 Å². The number of ether oxygens (including phenoxy) is 2. The number of nitrogens with zero attached hydrogens (tertiary/aromatic N) is 2. The van der Waals surface area contributed by atoms with Crippen molar-refractivity contribution in [1.82, 2.24) is 9.88 Å². The van der Waals surface area contributed by atoms with Gasteiger partial charge in [0.2, 0.25) is 0 Å². The van der Waals surface area contributed by atoms with E-state index in [0.29, 0.717) is 13.2 Å². The minimum Gasteiger partial charge on any atom is -0.486 e. The molecule has 0 atom stereocenters. The SMILES string of the molecule is CN(Cc1cccnc1)Cc1ccc2c(c1)OCCO2. The third-order valence-electron chi connectivity index (χ3n) is 3.23. The summed E-state index contributed by atoms with van der Waals surface area (Å²) in [4.78, 5) is 6.39. The Morgan fingerprint density at radius 3 is 2.65 bits per heavy atom. The molecule has 0 N–H and O–H groups in total. The molecule has 0 saturated heterocycles. The highest BCUT2D eigenvalue weighted by atomic mass is 16.6. The van der Waals surface area contributed by atoms with Gasteiger partial charge in [-0.2, -0.15) is 0 Å². The summed E-state index contributed by atoms with van der Waals surface area (Å²) >= 11 is 0. The predicted molar refractivity (Wildman–Crippen MR) is 76.8 cm³/mol. The average molecular weight is 270 g/mol. The molecule has 0 radical (unpaired) electrons. The molecule has 2 aromatic rings. The fraction of sp³-hybridized carbons (Fsp3) is 0.312. The van der Waals surface area contributed by atoms with E-state index in [2.05, 4.69) is 35.1 Å². The van der Waals surface area contributed by atoms with Gasteiger partial charge in [0.15, 0.2) is 11.5 Å². The summed E-state index contributed by atoms with van der Waals surface area (Å²) in [6, 6.07) is 10.2. The lowest BCUT2D eigenvalue weighted by atomic mass is 10.1. The monoisotopic (exact) mass is 270 g/mol. The summed E-state index contributed by atoms with van der Waals surface area (Å²) in [5.74, 6) is 1.69. The molecule has 1 aliphatic heterocycles. The van der Waals surface area contributed by atoms with Gasteiger partial charge in [0.25, 0.3) is 0 Å². The van der Waals surface area contributed by atoms with Crippen molar-refractivity contribution in [3.05, 3.63) is 53.9 Å². The first kappa shape index (κ1) is 12.9. The maximum Gasteiger partial charge on any atom is 0.161 e. The Bertz CT molecular complexity index is 572. The van der Waals surface area contributed by atoms with Crippen LogP contribution in [-0.2, 0) is 13.1 Å². The molecular formula is C16H18N2O2. The van der Waals surface area contributed by atoms with Crippen LogP contribution in [0.15, 0.2) is 42.7 Å². The van der Waals surface area contributed by atoms with E-state index in [1.165, 1.54) is 11.1 Å². The molecule has 104 valence electrons. The third kappa shape index (κ3) is 3.08. The smallest absolute Gasteiger partial charge is 0.161 e. The standard InChI is InChI=1S/C16H18N2O2/c1-18(12-14-3-2-6-17-10-14)11-13-4-5-15-16(9-13)20-8-7-19-15/h2-6,9-10H,7-8,11-12H2,1H3. The van der Waals surface area contributed by atoms with Crippen LogP contribution in [0.5, 0.6) is 11.5 Å². The number of fused-ring (bicyclic) bond motifs is 1. The molecule has 1 aromatic heterocycles. The lowest BCUT2D eigenvalue weighted by Gasteiger charge is -2.21. The maximum absolute atomic E-state index is 5.61. The second-order valence-electron chi connectivity index (χ2n) is 5.01. The molecule has 2 heterocycles. The van der Waals surface area contributed by atoms with Gasteiger partial charge in [-0.25, -0.2) is 0 Å². The highest BCUT2D eigenvalue weighted by Crippen LogP contribution is 2.31. The van der Waals surface area contributed by atoms with Gasteiger partial charge in [0.1, 0.15) is 13.2 Å². The lowest BCUT2D eigenvalue weighted by Crippen LogP contribution is -2.18. The zero-order valence-corrected chi connectivity index (χ0v) is 11.6. The van der Waals surface area contributed by atoms with Crippen molar-refractivity contribution in [3.63, 3.8) is 0 Å². The third-order valence-corrected chi connectivity index (χ3v) is 3.23. The molecule has 0 aliphatic carbocycles. The summed E-state index contributed by atoms with van der Waals surface area (Å²) < 4.78 is 11.1. The Hall–Kier alpha value is -2.07. The van der Waals surface area contributed by atoms with Gasteiger partial charge in [-0.05, 0) is 36.4 Å². The predicted octanol–water partition coefficient (Wildman–Crippen LogP) is 2.48. The largest absolute Gasteiger partial charge is 0.486 e. The van der Waals surface area contributed by atoms with Crippen LogP contribution < -0.4 is 9.47 Å². The molecule has 0 bridgehead atoms. The van der Waals surface area contributed by atoms with Crippen molar-refractivity contribution >= 4 is 0 Å². The van der Waals surface area contributed by atoms with Crippen LogP contribution in [0.4, 0.5) is 0 Å². The molecule has 3 rings (SSSR count). The van der Waals surface area contributed by atoms with Crippen LogP contribution in [0.3, 0.4) is 0 Å². The lowest BCUT2D eigenvalue weighted by molar-refractivity contribution is 0.171. The van der Waals surface area contributed by atoms with Gasteiger partial charge < -0.3 is 9.47 Å². The van der Waals surface area contributed by atoms with Gasteiger partial charge in [0.05, 0.1) is 0 Å². The Labute approximate surface area is 119 Å². The van der Waals surface area contributed by atoms with E-state index < -0.39 is 0 Å². The van der Waals surface area contributed by atoms with Crippen molar-refractivity contribution in [1.29, 1.82) is 0 Å². The van der Waals surface area contributed by atoms with Crippen molar-refractivity contribution in [2.45, 2.75) is 13.1 Å². The Kier molecular flexibility index (Phi) is 3.83. The molecule has 4 heteroatoms. The Balaban J connectivity index is 1.65. The molecule has 0 unspecified atom stereocenters. The fourth-order valence-corrected chi connectivity index (χ4v) is 2.36. The van der Waals surface area contributed by atoms with Gasteiger partial charge in [-0.15, -0.1) is 0 Å². The maximum atomic E-state index is 5.61. The summed E-state index contributed by atoms with van der Waals surface area (Å²) in [7, 11) is 2.10. The normalized spacial score (nSPS) is 13.5. The van der Waals surface area contributed by atoms with Gasteiger partial charge in [-0.1, -0.05) is 12.1 Å². The summed E-state index contributed by atoms with van der Waals surface area (Å²) in [6.45, 7) is 3.00. The van der Waals surface area contributed by atoms with Crippen molar-refractivity contribution in [3.8, 4) is 11.5 Å². The van der Waals surface area contributed by atoms with Gasteiger partial charge in [-0.3, -0.25) is 9.88 Å². The van der Waals surface area contributed by atoms with E-state index in [0.717, 1.165) is 24.6 Å². The van der Waals surface area contributed by atoms with Crippen LogP contribution in [0.1, 0.15) is 11.1 Å². The summed E-state index contributed by atoms with van der Waals surface area (Å²) in [5.41, 5.74) is 2.44. The first-order valence-corrected chi connectivity index (χ1v) is 6.77. The van der Waals surface area contributed by atoms with Crippen LogP contribution in [-0.4, -0.2) is 30.1 Å². The van der Waals surface area contributed by atoms with E-state index in [1.807, 2.05) is 18.3 Å². The Morgan fingerprint density at radius 1 is 1.05 bits per heavy atom. The fourth-order valence-electron chi connectivity index (χ4n) is 2.36. The summed E-state index contributed by atoms with van der Waals surface area (Å²) in [6.07, 6.45) is 3.70. The molecule has 1 aliphatic rings. The molecule has 20 heavy (non-hydrogen) atoms. The highest BCUT2D eigenvalue weighted by molar-refractivity contribution is 5.43. The average Bonchev–Trinajstić information content (AvgIpc) is 2.48. The van der Waals surface area contributed by atoms with Crippen molar-refractivity contribution < 1.29 is 9.47 Å². The molecule has 0 amide bonds. The van der Waals surface area contributed by atoms with Crippen molar-refractivity contribution in [2.24, 2.45) is 0 Å². The van der Waals surface area contributed by atoms with Crippen LogP contribution in [0.25, 0.3) is 0 Å². The molecule has 4 nitrogen and oxygen atoms in total. The van der Waals surface area contributed by atoms with E-state index in [9.17, 15) is 0 Å². The molecular weight excluding hydrogens is 252 g/mol. The van der Waals surface area contributed by atoms with E-state index in [1.54, 1.807) is 6.20 Å². The number of rotatable bonds is 4. The zero-order valence-electron chi connectivity index (χ0n) is 11.6. The van der Waals surface area contributed by atoms with Crippen LogP contribution >= 0.6 is 0 Å². The van der Waals surface area contributed by atoms with Crippen molar-refractivity contribution in [2.75, 3.05) is 20.3 Å². The summed E-state index contributed by atoms with van der Waals surface area (Å²) in [5, 5.41) is 0. The van der Waals surface area contributed by atoms with E-state index in [-0.39, 0.29) is 0 Å². The quantitative estimate of drug-likeness (QED) is 0.855. The molecule has 0 spiro atoms. The molecule has 1 aromatic carbocycles. The first-order chi connectivity index (χ1) is 9.81. The second-order valence-corrected chi connectivity index (χ2v) is 5.01. The number of benzene rings is 1. The zero-order chi connectivity index (χ0) is 13.8. The Morgan fingerprint density at radius 2 is 1.85 bits per heavy atom. The van der Waals surface area contributed by atoms with Gasteiger partial charge in [0, 0.05) is 25.5 Å². The number of aromatic nitrogens is 1. The number of hydrogen-bond acceptors (Lipinski definition) is 4. The highest BCUT2D eigenvalue weighted by Gasteiger charge is 2.12.